The van der Waals surface area contributed by atoms with E-state index in [9.17, 15) is 9.59 Å². The van der Waals surface area contributed by atoms with Gasteiger partial charge in [0.2, 0.25) is 5.91 Å². The predicted octanol–water partition coefficient (Wildman–Crippen LogP) is 4.12. The van der Waals surface area contributed by atoms with Crippen LogP contribution in [0.25, 0.3) is 16.7 Å². The molecule has 148 valence electrons. The first-order valence-corrected chi connectivity index (χ1v) is 10.2. The number of fused-ring (bicyclic) bond motifs is 1. The Morgan fingerprint density at radius 2 is 2.03 bits per heavy atom. The summed E-state index contributed by atoms with van der Waals surface area (Å²) in [6.45, 7) is 3.77. The van der Waals surface area contributed by atoms with Crippen molar-refractivity contribution in [1.82, 2.24) is 19.5 Å². The second-order valence-corrected chi connectivity index (χ2v) is 8.27. The number of aromatic nitrogens is 4. The second-order valence-electron chi connectivity index (χ2n) is 6.55. The Hall–Kier alpha value is -2.97. The monoisotopic (exact) mass is 427 g/mol. The lowest BCUT2D eigenvalue weighted by Crippen LogP contribution is -2.22. The summed E-state index contributed by atoms with van der Waals surface area (Å²) in [5.74, 6) is -0.162. The van der Waals surface area contributed by atoms with Crippen LogP contribution in [-0.4, -0.2) is 30.7 Å². The predicted molar refractivity (Wildman–Crippen MR) is 116 cm³/mol. The molecule has 2 aromatic heterocycles. The molecule has 2 aromatic carbocycles. The van der Waals surface area contributed by atoms with Gasteiger partial charge in [0.1, 0.15) is 0 Å². The minimum absolute atomic E-state index is 0.162. The maximum Gasteiger partial charge on any atom is 0.323 e. The SMILES string of the molecule is Cc1c(Cl)cccc1-n1ccnc1SC(C)C(=O)Nc1ccc2[nH]c(=O)[nH]c2c1. The number of carbonyl (C=O) groups is 1. The third-order valence-corrected chi connectivity index (χ3v) is 6.03. The number of carbonyl (C=O) groups excluding carboxylic acids is 1. The molecule has 0 saturated heterocycles. The van der Waals surface area contributed by atoms with Crippen LogP contribution in [0.1, 0.15) is 12.5 Å². The van der Waals surface area contributed by atoms with E-state index < -0.39 is 5.25 Å². The van der Waals surface area contributed by atoms with E-state index in [-0.39, 0.29) is 11.6 Å². The molecule has 0 radical (unpaired) electrons. The lowest BCUT2D eigenvalue weighted by Gasteiger charge is -2.15. The molecule has 4 rings (SSSR count). The summed E-state index contributed by atoms with van der Waals surface area (Å²) in [7, 11) is 0. The minimum atomic E-state index is -0.392. The van der Waals surface area contributed by atoms with Crippen molar-refractivity contribution in [3.63, 3.8) is 0 Å². The largest absolute Gasteiger partial charge is 0.325 e. The molecule has 4 aromatic rings. The Kier molecular flexibility index (Phi) is 5.21. The van der Waals surface area contributed by atoms with Crippen molar-refractivity contribution in [3.05, 3.63) is 69.9 Å². The van der Waals surface area contributed by atoms with Crippen molar-refractivity contribution >= 4 is 46.0 Å². The smallest absolute Gasteiger partial charge is 0.323 e. The zero-order valence-electron chi connectivity index (χ0n) is 15.7. The zero-order chi connectivity index (χ0) is 20.5. The number of imidazole rings is 2. The molecule has 1 amide bonds. The Balaban J connectivity index is 1.51. The number of halogens is 1. The fourth-order valence-electron chi connectivity index (χ4n) is 2.98. The molecular formula is C20H18ClN5O2S. The molecular weight excluding hydrogens is 410 g/mol. The first-order chi connectivity index (χ1) is 13.9. The summed E-state index contributed by atoms with van der Waals surface area (Å²) in [5.41, 5.74) is 3.52. The van der Waals surface area contributed by atoms with E-state index >= 15 is 0 Å². The van der Waals surface area contributed by atoms with Crippen molar-refractivity contribution in [2.24, 2.45) is 0 Å². The lowest BCUT2D eigenvalue weighted by molar-refractivity contribution is -0.115. The number of nitrogens with zero attached hydrogens (tertiary/aromatic N) is 2. The van der Waals surface area contributed by atoms with Gasteiger partial charge in [-0.1, -0.05) is 29.4 Å². The van der Waals surface area contributed by atoms with E-state index in [0.717, 1.165) is 11.3 Å². The maximum absolute atomic E-state index is 12.7. The highest BCUT2D eigenvalue weighted by molar-refractivity contribution is 8.00. The first kappa shape index (κ1) is 19.4. The molecule has 1 unspecified atom stereocenters. The quantitative estimate of drug-likeness (QED) is 0.417. The number of amides is 1. The van der Waals surface area contributed by atoms with Crippen LogP contribution in [0.3, 0.4) is 0 Å². The minimum Gasteiger partial charge on any atom is -0.325 e. The Bertz CT molecular complexity index is 1260. The molecule has 3 N–H and O–H groups in total. The topological polar surface area (TPSA) is 95.6 Å². The summed E-state index contributed by atoms with van der Waals surface area (Å²) in [5, 5.41) is 3.86. The van der Waals surface area contributed by atoms with Crippen LogP contribution in [0.5, 0.6) is 0 Å². The Labute approximate surface area is 175 Å². The van der Waals surface area contributed by atoms with Crippen LogP contribution < -0.4 is 11.0 Å². The van der Waals surface area contributed by atoms with Crippen molar-refractivity contribution in [2.75, 3.05) is 5.32 Å². The number of nitrogens with one attached hydrogen (secondary N) is 3. The van der Waals surface area contributed by atoms with Gasteiger partial charge in [0.05, 0.1) is 22.0 Å². The Morgan fingerprint density at radius 1 is 1.24 bits per heavy atom. The maximum atomic E-state index is 12.7. The van der Waals surface area contributed by atoms with Gasteiger partial charge in [-0.15, -0.1) is 0 Å². The van der Waals surface area contributed by atoms with Gasteiger partial charge in [0.25, 0.3) is 0 Å². The number of thioether (sulfide) groups is 1. The van der Waals surface area contributed by atoms with E-state index in [1.54, 1.807) is 24.4 Å². The number of aromatic amines is 2. The van der Waals surface area contributed by atoms with E-state index in [0.29, 0.717) is 26.9 Å². The van der Waals surface area contributed by atoms with Crippen LogP contribution in [0.2, 0.25) is 5.02 Å². The van der Waals surface area contributed by atoms with Crippen LogP contribution in [-0.2, 0) is 4.79 Å². The van der Waals surface area contributed by atoms with Gasteiger partial charge in [0.15, 0.2) is 5.16 Å². The van der Waals surface area contributed by atoms with Gasteiger partial charge in [-0.25, -0.2) is 9.78 Å². The third kappa shape index (κ3) is 3.94. The fraction of sp³-hybridized carbons (Fsp3) is 0.150. The summed E-state index contributed by atoms with van der Waals surface area (Å²) in [6, 6.07) is 10.9. The second kappa shape index (κ2) is 7.81. The molecule has 0 aliphatic carbocycles. The molecule has 2 heterocycles. The number of hydrogen-bond donors (Lipinski definition) is 3. The van der Waals surface area contributed by atoms with Crippen molar-refractivity contribution in [2.45, 2.75) is 24.3 Å². The summed E-state index contributed by atoms with van der Waals surface area (Å²) < 4.78 is 1.92. The number of hydrogen-bond acceptors (Lipinski definition) is 4. The molecule has 0 bridgehead atoms. The molecule has 29 heavy (non-hydrogen) atoms. The zero-order valence-corrected chi connectivity index (χ0v) is 17.3. The molecule has 1 atom stereocenters. The molecule has 0 saturated carbocycles. The average molecular weight is 428 g/mol. The molecule has 0 spiro atoms. The normalized spacial score (nSPS) is 12.2. The van der Waals surface area contributed by atoms with E-state index in [4.69, 9.17) is 11.6 Å². The number of H-pyrrole nitrogens is 2. The van der Waals surface area contributed by atoms with Gasteiger partial charge in [0, 0.05) is 23.1 Å². The van der Waals surface area contributed by atoms with E-state index in [2.05, 4.69) is 20.3 Å². The van der Waals surface area contributed by atoms with Crippen LogP contribution in [0.15, 0.2) is 58.7 Å². The van der Waals surface area contributed by atoms with Crippen molar-refractivity contribution in [1.29, 1.82) is 0 Å². The highest BCUT2D eigenvalue weighted by Gasteiger charge is 2.19. The van der Waals surface area contributed by atoms with Gasteiger partial charge >= 0.3 is 5.69 Å². The summed E-state index contributed by atoms with van der Waals surface area (Å²) in [4.78, 5) is 33.8. The van der Waals surface area contributed by atoms with Crippen LogP contribution in [0.4, 0.5) is 5.69 Å². The number of anilines is 1. The van der Waals surface area contributed by atoms with Gasteiger partial charge in [-0.2, -0.15) is 0 Å². The molecule has 0 aliphatic heterocycles. The number of benzene rings is 2. The Morgan fingerprint density at radius 3 is 2.86 bits per heavy atom. The van der Waals surface area contributed by atoms with Crippen LogP contribution >= 0.6 is 23.4 Å². The molecule has 0 fully saturated rings. The van der Waals surface area contributed by atoms with Gasteiger partial charge < -0.3 is 15.3 Å². The van der Waals surface area contributed by atoms with Crippen molar-refractivity contribution in [3.8, 4) is 5.69 Å². The highest BCUT2D eigenvalue weighted by Crippen LogP contribution is 2.29. The standard InChI is InChI=1S/C20H18ClN5O2S/c1-11-14(21)4-3-5-17(11)26-9-8-22-20(26)29-12(2)18(27)23-13-6-7-15-16(10-13)25-19(28)24-15/h3-10,12H,1-2H3,(H,23,27)(H2,24,25,28). The lowest BCUT2D eigenvalue weighted by atomic mass is 10.2. The van der Waals surface area contributed by atoms with E-state index in [1.165, 1.54) is 11.8 Å². The summed E-state index contributed by atoms with van der Waals surface area (Å²) in [6.07, 6.45) is 3.55. The van der Waals surface area contributed by atoms with Gasteiger partial charge in [-0.05, 0) is 49.7 Å². The van der Waals surface area contributed by atoms with Crippen LogP contribution in [0, 0.1) is 6.92 Å². The first-order valence-electron chi connectivity index (χ1n) is 8.91. The van der Waals surface area contributed by atoms with Crippen molar-refractivity contribution < 1.29 is 4.79 Å². The fourth-order valence-corrected chi connectivity index (χ4v) is 4.03. The highest BCUT2D eigenvalue weighted by atomic mass is 35.5. The number of rotatable bonds is 5. The summed E-state index contributed by atoms with van der Waals surface area (Å²) >= 11 is 7.60. The average Bonchev–Trinajstić information content (AvgIpc) is 3.29. The van der Waals surface area contributed by atoms with Gasteiger partial charge in [-0.3, -0.25) is 9.36 Å². The third-order valence-electron chi connectivity index (χ3n) is 4.54. The molecule has 0 aliphatic rings. The van der Waals surface area contributed by atoms with E-state index in [1.807, 2.05) is 42.8 Å². The molecule has 9 heteroatoms. The molecule has 7 nitrogen and oxygen atoms in total.